The lowest BCUT2D eigenvalue weighted by Gasteiger charge is -2.07. The Kier molecular flexibility index (Phi) is 3.69. The Bertz CT molecular complexity index is 98.5. The van der Waals surface area contributed by atoms with Crippen molar-refractivity contribution in [1.82, 2.24) is 5.43 Å². The summed E-state index contributed by atoms with van der Waals surface area (Å²) >= 11 is 0. The number of rotatable bonds is 3. The van der Waals surface area contributed by atoms with Crippen molar-refractivity contribution in [2.75, 3.05) is 0 Å². The van der Waals surface area contributed by atoms with Crippen LogP contribution in [0, 0.1) is 0 Å². The van der Waals surface area contributed by atoms with Gasteiger partial charge in [-0.3, -0.25) is 5.84 Å². The standard InChI is InChI=1S/C3H12N6/c4-2(8-6)1-3(5)9-7/h2,8H,1,4,6-7H2,(H2,5,9). The third-order valence-corrected chi connectivity index (χ3v) is 0.809. The van der Waals surface area contributed by atoms with Crippen molar-refractivity contribution < 1.29 is 0 Å². The van der Waals surface area contributed by atoms with Gasteiger partial charge < -0.3 is 17.3 Å². The minimum absolute atomic E-state index is 0.278. The largest absolute Gasteiger partial charge is 0.386 e. The van der Waals surface area contributed by atoms with Gasteiger partial charge in [-0.25, -0.2) is 5.43 Å². The molecule has 6 nitrogen and oxygen atoms in total. The van der Waals surface area contributed by atoms with Gasteiger partial charge in [-0.2, -0.15) is 5.10 Å². The summed E-state index contributed by atoms with van der Waals surface area (Å²) in [6.07, 6.45) is -0.0233. The highest BCUT2D eigenvalue weighted by Gasteiger charge is 1.99. The number of hydrazine groups is 1. The molecule has 0 aromatic rings. The molecule has 0 aliphatic carbocycles. The summed E-state index contributed by atoms with van der Waals surface area (Å²) in [5, 5.41) is 3.20. The average Bonchev–Trinajstić information content (AvgIpc) is 1.87. The van der Waals surface area contributed by atoms with E-state index in [2.05, 4.69) is 10.5 Å². The quantitative estimate of drug-likeness (QED) is 0.0942. The van der Waals surface area contributed by atoms with Crippen molar-refractivity contribution in [2.24, 2.45) is 28.3 Å². The maximum Gasteiger partial charge on any atom is 0.122 e. The average molecular weight is 132 g/mol. The molecule has 1 unspecified atom stereocenters. The summed E-state index contributed by atoms with van der Waals surface area (Å²) in [7, 11) is 0. The first-order chi connectivity index (χ1) is 4.20. The van der Waals surface area contributed by atoms with Gasteiger partial charge in [0.05, 0.1) is 6.17 Å². The van der Waals surface area contributed by atoms with Crippen molar-refractivity contribution in [2.45, 2.75) is 12.6 Å². The third kappa shape index (κ3) is 3.71. The minimum Gasteiger partial charge on any atom is -0.386 e. The smallest absolute Gasteiger partial charge is 0.122 e. The van der Waals surface area contributed by atoms with Crippen molar-refractivity contribution >= 4 is 5.84 Å². The maximum atomic E-state index is 5.30. The fourth-order valence-corrected chi connectivity index (χ4v) is 0.337. The molecule has 0 radical (unpaired) electrons. The first-order valence-corrected chi connectivity index (χ1v) is 2.44. The number of nitrogens with zero attached hydrogens (tertiary/aromatic N) is 1. The number of amidine groups is 1. The van der Waals surface area contributed by atoms with Crippen LogP contribution in [0.3, 0.4) is 0 Å². The van der Waals surface area contributed by atoms with E-state index in [1.165, 1.54) is 0 Å². The molecule has 0 rings (SSSR count). The van der Waals surface area contributed by atoms with Gasteiger partial charge in [-0.05, 0) is 0 Å². The van der Waals surface area contributed by atoms with E-state index in [1.807, 2.05) is 0 Å². The molecule has 0 aliphatic heterocycles. The molecule has 0 aliphatic rings. The van der Waals surface area contributed by atoms with Crippen LogP contribution in [0.25, 0.3) is 0 Å². The van der Waals surface area contributed by atoms with E-state index < -0.39 is 0 Å². The van der Waals surface area contributed by atoms with Gasteiger partial charge in [0.25, 0.3) is 0 Å². The van der Waals surface area contributed by atoms with E-state index in [0.717, 1.165) is 0 Å². The van der Waals surface area contributed by atoms with Crippen LogP contribution >= 0.6 is 0 Å². The van der Waals surface area contributed by atoms with E-state index in [4.69, 9.17) is 23.2 Å². The Morgan fingerprint density at radius 3 is 2.56 bits per heavy atom. The number of hydrogen-bond acceptors (Lipinski definition) is 5. The van der Waals surface area contributed by atoms with E-state index in [-0.39, 0.29) is 12.0 Å². The second-order valence-corrected chi connectivity index (χ2v) is 1.60. The molecule has 0 bridgehead atoms. The zero-order valence-corrected chi connectivity index (χ0v) is 5.04. The van der Waals surface area contributed by atoms with Crippen LogP contribution in [0.4, 0.5) is 0 Å². The lowest BCUT2D eigenvalue weighted by molar-refractivity contribution is 0.562. The van der Waals surface area contributed by atoms with Crippen molar-refractivity contribution in [1.29, 1.82) is 0 Å². The van der Waals surface area contributed by atoms with Crippen LogP contribution in [-0.2, 0) is 0 Å². The van der Waals surface area contributed by atoms with Gasteiger partial charge >= 0.3 is 0 Å². The summed E-state index contributed by atoms with van der Waals surface area (Å²) in [6.45, 7) is 0. The number of nitrogens with two attached hydrogens (primary N) is 4. The lowest BCUT2D eigenvalue weighted by Crippen LogP contribution is -2.44. The van der Waals surface area contributed by atoms with Gasteiger partial charge in [0.15, 0.2) is 0 Å². The van der Waals surface area contributed by atoms with Gasteiger partial charge in [0.1, 0.15) is 5.84 Å². The zero-order chi connectivity index (χ0) is 7.28. The molecule has 6 heteroatoms. The van der Waals surface area contributed by atoms with Crippen LogP contribution in [0.2, 0.25) is 0 Å². The lowest BCUT2D eigenvalue weighted by atomic mass is 10.3. The van der Waals surface area contributed by atoms with E-state index in [1.54, 1.807) is 0 Å². The van der Waals surface area contributed by atoms with Crippen molar-refractivity contribution in [3.63, 3.8) is 0 Å². The van der Waals surface area contributed by atoms with Crippen molar-refractivity contribution in [3.05, 3.63) is 0 Å². The Morgan fingerprint density at radius 1 is 1.67 bits per heavy atom. The molecule has 0 amide bonds. The predicted molar refractivity (Wildman–Crippen MR) is 35.7 cm³/mol. The number of hydrogen-bond donors (Lipinski definition) is 5. The fourth-order valence-electron chi connectivity index (χ4n) is 0.337. The normalized spacial score (nSPS) is 15.6. The maximum absolute atomic E-state index is 5.30. The molecule has 0 spiro atoms. The van der Waals surface area contributed by atoms with E-state index in [9.17, 15) is 0 Å². The topological polar surface area (TPSA) is 128 Å². The third-order valence-electron chi connectivity index (χ3n) is 0.809. The summed E-state index contributed by atoms with van der Waals surface area (Å²) in [5.41, 5.74) is 12.8. The first kappa shape index (κ1) is 8.15. The van der Waals surface area contributed by atoms with Crippen LogP contribution in [0.15, 0.2) is 5.10 Å². The molecule has 9 N–H and O–H groups in total. The molecule has 9 heavy (non-hydrogen) atoms. The molecular weight excluding hydrogens is 120 g/mol. The molecule has 0 saturated carbocycles. The molecule has 1 atom stereocenters. The van der Waals surface area contributed by atoms with Gasteiger partial charge in [0.2, 0.25) is 0 Å². The van der Waals surface area contributed by atoms with Gasteiger partial charge in [-0.1, -0.05) is 0 Å². The first-order valence-electron chi connectivity index (χ1n) is 2.44. The highest BCUT2D eigenvalue weighted by Crippen LogP contribution is 1.78. The summed E-state index contributed by atoms with van der Waals surface area (Å²) in [4.78, 5) is 0. The second-order valence-electron chi connectivity index (χ2n) is 1.60. The molecule has 0 aromatic heterocycles. The molecule has 54 valence electrons. The molecule has 0 saturated heterocycles. The zero-order valence-electron chi connectivity index (χ0n) is 5.04. The second kappa shape index (κ2) is 4.07. The summed E-state index contributed by atoms with van der Waals surface area (Å²) < 4.78 is 0. The highest BCUT2D eigenvalue weighted by atomic mass is 15.3. The SMILES string of the molecule is NN=C(N)CC(N)NN. The number of nitrogens with one attached hydrogen (secondary N) is 1. The van der Waals surface area contributed by atoms with Crippen LogP contribution < -0.4 is 28.6 Å². The molecular formula is C3H12N6. The number of hydrazone groups is 1. The van der Waals surface area contributed by atoms with Crippen molar-refractivity contribution in [3.8, 4) is 0 Å². The summed E-state index contributed by atoms with van der Waals surface area (Å²) in [6, 6.07) is 0. The Balaban J connectivity index is 3.47. The summed E-state index contributed by atoms with van der Waals surface area (Å²) in [5.74, 6) is 10.0. The van der Waals surface area contributed by atoms with Crippen LogP contribution in [-0.4, -0.2) is 12.0 Å². The Morgan fingerprint density at radius 2 is 2.22 bits per heavy atom. The minimum atomic E-state index is -0.378. The highest BCUT2D eigenvalue weighted by molar-refractivity contribution is 5.80. The Hall–Kier alpha value is -0.850. The fraction of sp³-hybridized carbons (Fsp3) is 0.667. The van der Waals surface area contributed by atoms with E-state index in [0.29, 0.717) is 6.42 Å². The van der Waals surface area contributed by atoms with Crippen LogP contribution in [0.5, 0.6) is 0 Å². The Labute approximate surface area is 53.2 Å². The van der Waals surface area contributed by atoms with Crippen LogP contribution in [0.1, 0.15) is 6.42 Å². The molecule has 0 heterocycles. The van der Waals surface area contributed by atoms with Gasteiger partial charge in [-0.15, -0.1) is 0 Å². The monoisotopic (exact) mass is 132 g/mol. The van der Waals surface area contributed by atoms with E-state index >= 15 is 0 Å². The van der Waals surface area contributed by atoms with Gasteiger partial charge in [0, 0.05) is 6.42 Å². The predicted octanol–water partition coefficient (Wildman–Crippen LogP) is -2.64. The molecule has 0 aromatic carbocycles. The molecule has 0 fully saturated rings.